The second-order valence-electron chi connectivity index (χ2n) is 3.70. The lowest BCUT2D eigenvalue weighted by atomic mass is 9.74. The van der Waals surface area contributed by atoms with Crippen molar-refractivity contribution >= 4 is 19.0 Å². The Hall–Kier alpha value is -1.04. The fourth-order valence-electron chi connectivity index (χ4n) is 1.65. The van der Waals surface area contributed by atoms with Crippen molar-refractivity contribution in [2.24, 2.45) is 0 Å². The van der Waals surface area contributed by atoms with Gasteiger partial charge in [0.25, 0.3) is 0 Å². The second-order valence-corrected chi connectivity index (χ2v) is 3.70. The van der Waals surface area contributed by atoms with Crippen LogP contribution in [0.3, 0.4) is 0 Å². The number of esters is 1. The smallest absolute Gasteiger partial charge is 0.455 e. The lowest BCUT2D eigenvalue weighted by Crippen LogP contribution is -2.39. The van der Waals surface area contributed by atoms with Gasteiger partial charge in [0.1, 0.15) is 0 Å². The lowest BCUT2D eigenvalue weighted by Gasteiger charge is -2.15. The van der Waals surface area contributed by atoms with Gasteiger partial charge in [-0.1, -0.05) is 12.8 Å². The summed E-state index contributed by atoms with van der Waals surface area (Å²) in [5, 5.41) is 0. The Kier molecular flexibility index (Phi) is 2.45. The largest absolute Gasteiger partial charge is 0.519 e. The monoisotopic (exact) mass is 197 g/mol. The molecule has 0 N–H and O–H groups in total. The molecule has 1 aliphatic carbocycles. The predicted molar refractivity (Wildman–Crippen MR) is 48.4 cm³/mol. The minimum atomic E-state index is -0.325. The summed E-state index contributed by atoms with van der Waals surface area (Å²) < 4.78 is 9.67. The average Bonchev–Trinajstić information content (AvgIpc) is 2.92. The van der Waals surface area contributed by atoms with Crippen LogP contribution < -0.4 is 0 Å². The van der Waals surface area contributed by atoms with Crippen LogP contribution in [-0.2, 0) is 19.0 Å². The van der Waals surface area contributed by atoms with Crippen LogP contribution in [0.1, 0.15) is 12.8 Å². The van der Waals surface area contributed by atoms with Crippen molar-refractivity contribution in [1.82, 2.24) is 4.81 Å². The van der Waals surface area contributed by atoms with E-state index < -0.39 is 0 Å². The van der Waals surface area contributed by atoms with Crippen LogP contribution in [0, 0.1) is 0 Å². The number of nitrogens with zero attached hydrogens (tertiary/aromatic N) is 1. The molecule has 2 rings (SSSR count). The summed E-state index contributed by atoms with van der Waals surface area (Å²) in [6, 6.07) is 0. The molecule has 0 bridgehead atoms. The molecule has 0 aromatic carbocycles. The molecule has 1 aliphatic heterocycles. The molecule has 1 heterocycles. The van der Waals surface area contributed by atoms with E-state index in [0.29, 0.717) is 5.82 Å². The maximum atomic E-state index is 11.0. The highest BCUT2D eigenvalue weighted by Crippen LogP contribution is 2.41. The van der Waals surface area contributed by atoms with Gasteiger partial charge in [0, 0.05) is 0 Å². The van der Waals surface area contributed by atoms with E-state index in [-0.39, 0.29) is 32.1 Å². The van der Waals surface area contributed by atoms with Crippen molar-refractivity contribution in [2.75, 3.05) is 20.2 Å². The zero-order valence-electron chi connectivity index (χ0n) is 8.06. The molecule has 1 saturated heterocycles. The topological polar surface area (TPSA) is 55.8 Å². The fourth-order valence-corrected chi connectivity index (χ4v) is 1.65. The molecule has 0 aromatic rings. The molecule has 0 aromatic heterocycles. The summed E-state index contributed by atoms with van der Waals surface area (Å²) >= 11 is 0. The van der Waals surface area contributed by atoms with Gasteiger partial charge in [-0.2, -0.15) is 0 Å². The molecule has 0 amide bonds. The molecule has 76 valence electrons. The van der Waals surface area contributed by atoms with Crippen molar-refractivity contribution in [2.45, 2.75) is 18.7 Å². The van der Waals surface area contributed by atoms with Crippen LogP contribution in [0.15, 0.2) is 0 Å². The van der Waals surface area contributed by atoms with Crippen molar-refractivity contribution in [3.05, 3.63) is 0 Å². The van der Waals surface area contributed by atoms with Crippen molar-refractivity contribution in [3.8, 4) is 0 Å². The van der Waals surface area contributed by atoms with E-state index in [2.05, 4.69) is 4.74 Å². The van der Waals surface area contributed by atoms with E-state index in [1.165, 1.54) is 7.11 Å². The summed E-state index contributed by atoms with van der Waals surface area (Å²) in [5.74, 6) is -0.147. The summed E-state index contributed by atoms with van der Waals surface area (Å²) in [5.41, 5.74) is 0. The quantitative estimate of drug-likeness (QED) is 0.458. The highest BCUT2D eigenvalue weighted by atomic mass is 16.5. The minimum Gasteiger partial charge on any atom is -0.519 e. The highest BCUT2D eigenvalue weighted by molar-refractivity contribution is 6.55. The van der Waals surface area contributed by atoms with Gasteiger partial charge >= 0.3 is 19.0 Å². The van der Waals surface area contributed by atoms with Crippen molar-refractivity contribution in [3.63, 3.8) is 0 Å². The Bertz CT molecular complexity index is 266. The Morgan fingerprint density at radius 2 is 2.43 bits per heavy atom. The standard InChI is InChI=1S/C8H12BNO4/c1-13-7(11)4-10-5-8(12)14-9(10)6-2-3-6/h6H,2-5H2,1H3. The number of carbonyl (C=O) groups excluding carboxylic acids is 2. The molecule has 0 atom stereocenters. The summed E-state index contributed by atoms with van der Waals surface area (Å²) in [7, 11) is 1.15. The Morgan fingerprint density at radius 1 is 1.71 bits per heavy atom. The molecule has 6 heteroatoms. The number of hydrogen-bond donors (Lipinski definition) is 0. The van der Waals surface area contributed by atoms with Crippen LogP contribution in [0.25, 0.3) is 0 Å². The molecule has 2 aliphatic rings. The SMILES string of the molecule is COC(=O)CN1CC(=O)OB1C1CC1. The number of methoxy groups -OCH3 is 1. The van der Waals surface area contributed by atoms with Crippen molar-refractivity contribution < 1.29 is 19.0 Å². The molecular formula is C8H12BNO4. The first-order valence-corrected chi connectivity index (χ1v) is 4.71. The van der Waals surface area contributed by atoms with Gasteiger partial charge in [0.05, 0.1) is 20.2 Å². The lowest BCUT2D eigenvalue weighted by molar-refractivity contribution is -0.140. The van der Waals surface area contributed by atoms with Gasteiger partial charge in [0.2, 0.25) is 0 Å². The maximum absolute atomic E-state index is 11.0. The first-order valence-electron chi connectivity index (χ1n) is 4.71. The molecule has 0 unspecified atom stereocenters. The zero-order chi connectivity index (χ0) is 10.1. The molecule has 0 radical (unpaired) electrons. The number of hydrogen-bond acceptors (Lipinski definition) is 5. The maximum Gasteiger partial charge on any atom is 0.455 e. The zero-order valence-corrected chi connectivity index (χ0v) is 8.06. The van der Waals surface area contributed by atoms with Gasteiger partial charge < -0.3 is 9.39 Å². The summed E-state index contributed by atoms with van der Waals surface area (Å²) in [4.78, 5) is 23.8. The van der Waals surface area contributed by atoms with Gasteiger partial charge in [-0.15, -0.1) is 0 Å². The molecule has 1 saturated carbocycles. The van der Waals surface area contributed by atoms with E-state index in [1.54, 1.807) is 4.81 Å². The van der Waals surface area contributed by atoms with Gasteiger partial charge in [-0.25, -0.2) is 0 Å². The second kappa shape index (κ2) is 3.61. The molecule has 5 nitrogen and oxygen atoms in total. The Balaban J connectivity index is 1.94. The van der Waals surface area contributed by atoms with Gasteiger partial charge in [-0.05, 0) is 5.82 Å². The van der Waals surface area contributed by atoms with Gasteiger partial charge in [0.15, 0.2) is 0 Å². The van der Waals surface area contributed by atoms with Crippen LogP contribution in [0.4, 0.5) is 0 Å². The molecule has 2 fully saturated rings. The molecule has 14 heavy (non-hydrogen) atoms. The van der Waals surface area contributed by atoms with Crippen LogP contribution in [0.5, 0.6) is 0 Å². The number of carbonyl (C=O) groups is 2. The third-order valence-electron chi connectivity index (χ3n) is 2.53. The number of rotatable bonds is 3. The number of ether oxygens (including phenoxy) is 1. The van der Waals surface area contributed by atoms with Crippen LogP contribution in [0.2, 0.25) is 5.82 Å². The highest BCUT2D eigenvalue weighted by Gasteiger charge is 2.49. The first kappa shape index (κ1) is 9.52. The Labute approximate surface area is 82.5 Å². The first-order chi connectivity index (χ1) is 6.70. The minimum absolute atomic E-state index is 0.142. The average molecular weight is 197 g/mol. The molecule has 0 spiro atoms. The summed E-state index contributed by atoms with van der Waals surface area (Å²) in [6.45, 7) is 0.347. The predicted octanol–water partition coefficient (Wildman–Crippen LogP) is -0.330. The summed E-state index contributed by atoms with van der Waals surface area (Å²) in [6.07, 6.45) is 2.16. The Morgan fingerprint density at radius 3 is 3.00 bits per heavy atom. The van der Waals surface area contributed by atoms with E-state index in [9.17, 15) is 9.59 Å². The fraction of sp³-hybridized carbons (Fsp3) is 0.750. The third kappa shape index (κ3) is 1.90. The third-order valence-corrected chi connectivity index (χ3v) is 2.53. The van der Waals surface area contributed by atoms with E-state index in [4.69, 9.17) is 4.65 Å². The molecular weight excluding hydrogens is 185 g/mol. The van der Waals surface area contributed by atoms with Crippen molar-refractivity contribution in [1.29, 1.82) is 0 Å². The van der Waals surface area contributed by atoms with E-state index in [1.807, 2.05) is 0 Å². The van der Waals surface area contributed by atoms with Gasteiger partial charge in [-0.3, -0.25) is 14.4 Å². The van der Waals surface area contributed by atoms with E-state index in [0.717, 1.165) is 12.8 Å². The van der Waals surface area contributed by atoms with Crippen LogP contribution in [-0.4, -0.2) is 44.0 Å². The normalized spacial score (nSPS) is 22.4. The van der Waals surface area contributed by atoms with Crippen LogP contribution >= 0.6 is 0 Å². The van der Waals surface area contributed by atoms with E-state index >= 15 is 0 Å².